The van der Waals surface area contributed by atoms with E-state index in [1.165, 1.54) is 0 Å². The number of carbonyl (C=O) groups excluding carboxylic acids is 2. The summed E-state index contributed by atoms with van der Waals surface area (Å²) in [6.07, 6.45) is 4.12. The van der Waals surface area contributed by atoms with Crippen LogP contribution < -0.4 is 5.32 Å². The highest BCUT2D eigenvalue weighted by Crippen LogP contribution is 2.29. The summed E-state index contributed by atoms with van der Waals surface area (Å²) in [7, 11) is 0. The van der Waals surface area contributed by atoms with Gasteiger partial charge < -0.3 is 10.1 Å². The molecule has 3 rings (SSSR count). The number of fused-ring (bicyclic) bond motifs is 2. The van der Waals surface area contributed by atoms with Crippen LogP contribution in [0, 0.1) is 0 Å². The molecule has 0 spiro atoms. The highest BCUT2D eigenvalue weighted by atomic mass is 16.5. The molecule has 1 aromatic carbocycles. The first-order valence-electron chi connectivity index (χ1n) is 9.39. The average molecular weight is 354 g/mol. The van der Waals surface area contributed by atoms with Gasteiger partial charge in [-0.3, -0.25) is 9.78 Å². The predicted octanol–water partition coefficient (Wildman–Crippen LogP) is 3.57. The van der Waals surface area contributed by atoms with E-state index in [2.05, 4.69) is 5.32 Å². The molecule has 5 heteroatoms. The molecule has 1 amide bonds. The molecular weight excluding hydrogens is 328 g/mol. The van der Waals surface area contributed by atoms with Crippen molar-refractivity contribution in [2.24, 2.45) is 0 Å². The fraction of sp³-hybridized carbons (Fsp3) is 0.476. The Kier molecular flexibility index (Phi) is 5.55. The monoisotopic (exact) mass is 354 g/mol. The number of pyridine rings is 1. The Hall–Kier alpha value is -2.43. The van der Waals surface area contributed by atoms with Crippen LogP contribution in [0.5, 0.6) is 0 Å². The van der Waals surface area contributed by atoms with Gasteiger partial charge in [-0.25, -0.2) is 4.79 Å². The normalized spacial score (nSPS) is 15.2. The maximum absolute atomic E-state index is 13.0. The smallest absolute Gasteiger partial charge is 0.339 e. The quantitative estimate of drug-likeness (QED) is 0.673. The van der Waals surface area contributed by atoms with Crippen molar-refractivity contribution < 1.29 is 14.3 Å². The van der Waals surface area contributed by atoms with Gasteiger partial charge in [-0.15, -0.1) is 0 Å². The van der Waals surface area contributed by atoms with E-state index in [-0.39, 0.29) is 11.9 Å². The Bertz CT molecular complexity index is 829. The molecule has 1 aliphatic carbocycles. The number of nitrogens with one attached hydrogen (secondary N) is 1. The largest absolute Gasteiger partial charge is 0.449 e. The lowest BCUT2D eigenvalue weighted by Gasteiger charge is -2.18. The van der Waals surface area contributed by atoms with Crippen molar-refractivity contribution in [2.45, 2.75) is 65.0 Å². The number of hydrogen-bond donors (Lipinski definition) is 1. The number of aryl methyl sites for hydroxylation is 1. The Morgan fingerprint density at radius 1 is 1.08 bits per heavy atom. The lowest BCUT2D eigenvalue weighted by Crippen LogP contribution is -2.39. The van der Waals surface area contributed by atoms with Crippen LogP contribution in [0.25, 0.3) is 10.9 Å². The third-order valence-electron chi connectivity index (χ3n) is 4.71. The molecule has 0 bridgehead atoms. The van der Waals surface area contributed by atoms with Gasteiger partial charge in [0.1, 0.15) is 0 Å². The number of amides is 1. The summed E-state index contributed by atoms with van der Waals surface area (Å²) in [6, 6.07) is 7.65. The molecule has 0 fully saturated rings. The number of ether oxygens (including phenoxy) is 1. The third kappa shape index (κ3) is 3.87. The molecule has 0 unspecified atom stereocenters. The molecule has 2 aromatic rings. The first kappa shape index (κ1) is 18.4. The standard InChI is InChI=1S/C21H26N2O3/c1-13(2)22-20(24)14(3)26-21(25)19-15-9-5-4-6-11-17(15)23-18-12-8-7-10-16(18)19/h7-8,10,12-14H,4-6,9,11H2,1-3H3,(H,22,24)/t14-/m1/s1. The van der Waals surface area contributed by atoms with Gasteiger partial charge in [-0.2, -0.15) is 0 Å². The fourth-order valence-corrected chi connectivity index (χ4v) is 3.46. The summed E-state index contributed by atoms with van der Waals surface area (Å²) in [4.78, 5) is 29.9. The molecule has 5 nitrogen and oxygen atoms in total. The third-order valence-corrected chi connectivity index (χ3v) is 4.71. The van der Waals surface area contributed by atoms with Crippen LogP contribution in [0.1, 0.15) is 61.6 Å². The SMILES string of the molecule is CC(C)NC(=O)[C@@H](C)OC(=O)c1c2c(nc3ccccc13)CCCCC2. The van der Waals surface area contributed by atoms with E-state index in [0.29, 0.717) is 5.56 Å². The molecule has 0 saturated heterocycles. The number of carbonyl (C=O) groups is 2. The minimum absolute atomic E-state index is 0.00156. The second-order valence-electron chi connectivity index (χ2n) is 7.20. The van der Waals surface area contributed by atoms with Crippen LogP contribution >= 0.6 is 0 Å². The Labute approximate surface area is 154 Å². The molecule has 0 saturated carbocycles. The predicted molar refractivity (Wildman–Crippen MR) is 101 cm³/mol. The van der Waals surface area contributed by atoms with Gasteiger partial charge in [0.15, 0.2) is 6.10 Å². The van der Waals surface area contributed by atoms with E-state index < -0.39 is 12.1 Å². The molecular formula is C21H26N2O3. The van der Waals surface area contributed by atoms with Crippen LogP contribution in [-0.4, -0.2) is 29.0 Å². The van der Waals surface area contributed by atoms with Crippen molar-refractivity contribution in [3.8, 4) is 0 Å². The minimum atomic E-state index is -0.835. The topological polar surface area (TPSA) is 68.3 Å². The highest BCUT2D eigenvalue weighted by Gasteiger charge is 2.26. The lowest BCUT2D eigenvalue weighted by atomic mass is 9.97. The maximum atomic E-state index is 13.0. The summed E-state index contributed by atoms with van der Waals surface area (Å²) in [5.41, 5.74) is 3.37. The number of nitrogens with zero attached hydrogens (tertiary/aromatic N) is 1. The highest BCUT2D eigenvalue weighted by molar-refractivity contribution is 6.05. The van der Waals surface area contributed by atoms with Crippen molar-refractivity contribution in [1.29, 1.82) is 0 Å². The zero-order valence-electron chi connectivity index (χ0n) is 15.7. The van der Waals surface area contributed by atoms with Crippen LogP contribution in [0.2, 0.25) is 0 Å². The summed E-state index contributed by atoms with van der Waals surface area (Å²) in [5, 5.41) is 3.58. The van der Waals surface area contributed by atoms with E-state index in [0.717, 1.165) is 54.3 Å². The average Bonchev–Trinajstić information content (AvgIpc) is 2.83. The number of hydrogen-bond acceptors (Lipinski definition) is 4. The fourth-order valence-electron chi connectivity index (χ4n) is 3.46. The van der Waals surface area contributed by atoms with Crippen molar-refractivity contribution in [3.63, 3.8) is 0 Å². The summed E-state index contributed by atoms with van der Waals surface area (Å²) < 4.78 is 5.54. The molecule has 1 N–H and O–H groups in total. The van der Waals surface area contributed by atoms with E-state index in [1.807, 2.05) is 38.1 Å². The van der Waals surface area contributed by atoms with E-state index >= 15 is 0 Å². The number of rotatable bonds is 4. The summed E-state index contributed by atoms with van der Waals surface area (Å²) in [5.74, 6) is -0.717. The van der Waals surface area contributed by atoms with Crippen molar-refractivity contribution in [1.82, 2.24) is 10.3 Å². The summed E-state index contributed by atoms with van der Waals surface area (Å²) >= 11 is 0. The van der Waals surface area contributed by atoms with Gasteiger partial charge in [-0.05, 0) is 58.1 Å². The molecule has 0 radical (unpaired) electrons. The van der Waals surface area contributed by atoms with E-state index in [9.17, 15) is 9.59 Å². The van der Waals surface area contributed by atoms with Gasteiger partial charge in [0.05, 0.1) is 11.1 Å². The zero-order chi connectivity index (χ0) is 18.7. The van der Waals surface area contributed by atoms with Gasteiger partial charge in [-0.1, -0.05) is 24.6 Å². The second-order valence-corrected chi connectivity index (χ2v) is 7.20. The van der Waals surface area contributed by atoms with E-state index in [4.69, 9.17) is 9.72 Å². The second kappa shape index (κ2) is 7.85. The summed E-state index contributed by atoms with van der Waals surface area (Å²) in [6.45, 7) is 5.36. The van der Waals surface area contributed by atoms with Crippen LogP contribution in [0.15, 0.2) is 24.3 Å². The zero-order valence-corrected chi connectivity index (χ0v) is 15.7. The van der Waals surface area contributed by atoms with Crippen molar-refractivity contribution in [2.75, 3.05) is 0 Å². The number of para-hydroxylation sites is 1. The van der Waals surface area contributed by atoms with Crippen molar-refractivity contribution in [3.05, 3.63) is 41.1 Å². The lowest BCUT2D eigenvalue weighted by molar-refractivity contribution is -0.129. The Morgan fingerprint density at radius 3 is 2.58 bits per heavy atom. The first-order valence-corrected chi connectivity index (χ1v) is 9.39. The molecule has 1 atom stereocenters. The number of benzene rings is 1. The first-order chi connectivity index (χ1) is 12.5. The molecule has 26 heavy (non-hydrogen) atoms. The van der Waals surface area contributed by atoms with Crippen LogP contribution in [0.4, 0.5) is 0 Å². The molecule has 1 aliphatic rings. The van der Waals surface area contributed by atoms with E-state index in [1.54, 1.807) is 6.92 Å². The van der Waals surface area contributed by atoms with Gasteiger partial charge in [0.25, 0.3) is 5.91 Å². The van der Waals surface area contributed by atoms with Gasteiger partial charge in [0, 0.05) is 17.1 Å². The Balaban J connectivity index is 1.98. The molecule has 1 heterocycles. The van der Waals surface area contributed by atoms with Crippen LogP contribution in [0.3, 0.4) is 0 Å². The molecule has 0 aliphatic heterocycles. The molecule has 138 valence electrons. The van der Waals surface area contributed by atoms with Gasteiger partial charge in [0.2, 0.25) is 0 Å². The minimum Gasteiger partial charge on any atom is -0.449 e. The maximum Gasteiger partial charge on any atom is 0.339 e. The number of aromatic nitrogens is 1. The van der Waals surface area contributed by atoms with Crippen molar-refractivity contribution >= 4 is 22.8 Å². The van der Waals surface area contributed by atoms with Gasteiger partial charge >= 0.3 is 5.97 Å². The number of esters is 1. The van der Waals surface area contributed by atoms with Crippen LogP contribution in [-0.2, 0) is 22.4 Å². The Morgan fingerprint density at radius 2 is 1.81 bits per heavy atom. The molecule has 1 aromatic heterocycles.